The summed E-state index contributed by atoms with van der Waals surface area (Å²) in [6.45, 7) is 1.38. The lowest BCUT2D eigenvalue weighted by Crippen LogP contribution is -2.29. The van der Waals surface area contributed by atoms with Gasteiger partial charge in [0.1, 0.15) is 5.69 Å². The van der Waals surface area contributed by atoms with Crippen molar-refractivity contribution in [1.82, 2.24) is 9.97 Å². The van der Waals surface area contributed by atoms with Crippen LogP contribution in [-0.4, -0.2) is 21.8 Å². The molecule has 6 heteroatoms. The SMILES string of the molecule is CC(C(=O)[O-])c1[nH]cnc1C(N)=O. The molecule has 1 heterocycles. The molecular formula is C7H8N3O3-. The molecule has 0 aliphatic carbocycles. The van der Waals surface area contributed by atoms with Gasteiger partial charge in [-0.1, -0.05) is 6.92 Å². The van der Waals surface area contributed by atoms with Crippen molar-refractivity contribution in [2.45, 2.75) is 12.8 Å². The number of amides is 1. The quantitative estimate of drug-likeness (QED) is 0.583. The summed E-state index contributed by atoms with van der Waals surface area (Å²) in [6.07, 6.45) is 1.22. The Balaban J connectivity index is 3.07. The Hall–Kier alpha value is -1.85. The summed E-state index contributed by atoms with van der Waals surface area (Å²) in [5.74, 6) is -2.97. The Morgan fingerprint density at radius 1 is 1.69 bits per heavy atom. The molecule has 0 saturated carbocycles. The largest absolute Gasteiger partial charge is 0.549 e. The first-order valence-corrected chi connectivity index (χ1v) is 3.58. The highest BCUT2D eigenvalue weighted by Crippen LogP contribution is 2.14. The standard InChI is InChI=1S/C7H9N3O3/c1-3(7(12)13)4-5(6(8)11)10-2-9-4/h2-3H,1H3,(H2,8,11)(H,9,10)(H,12,13)/p-1. The summed E-state index contributed by atoms with van der Waals surface area (Å²) in [4.78, 5) is 27.3. The van der Waals surface area contributed by atoms with E-state index in [4.69, 9.17) is 5.73 Å². The number of hydrogen-bond acceptors (Lipinski definition) is 4. The van der Waals surface area contributed by atoms with Gasteiger partial charge in [0.2, 0.25) is 0 Å². The molecule has 1 atom stereocenters. The Labute approximate surface area is 73.8 Å². The van der Waals surface area contributed by atoms with E-state index < -0.39 is 17.8 Å². The van der Waals surface area contributed by atoms with Crippen molar-refractivity contribution in [3.05, 3.63) is 17.7 Å². The normalized spacial score (nSPS) is 12.4. The summed E-state index contributed by atoms with van der Waals surface area (Å²) < 4.78 is 0. The second kappa shape index (κ2) is 3.26. The lowest BCUT2D eigenvalue weighted by atomic mass is 10.1. The maximum Gasteiger partial charge on any atom is 0.269 e. The van der Waals surface area contributed by atoms with Crippen molar-refractivity contribution in [2.75, 3.05) is 0 Å². The fourth-order valence-electron chi connectivity index (χ4n) is 0.949. The number of imidazole rings is 1. The van der Waals surface area contributed by atoms with E-state index in [2.05, 4.69) is 9.97 Å². The highest BCUT2D eigenvalue weighted by atomic mass is 16.4. The second-order valence-electron chi connectivity index (χ2n) is 2.57. The van der Waals surface area contributed by atoms with E-state index in [1.54, 1.807) is 0 Å². The number of hydrogen-bond donors (Lipinski definition) is 2. The zero-order chi connectivity index (χ0) is 10.0. The molecule has 13 heavy (non-hydrogen) atoms. The van der Waals surface area contributed by atoms with Gasteiger partial charge >= 0.3 is 0 Å². The predicted molar refractivity (Wildman–Crippen MR) is 40.5 cm³/mol. The lowest BCUT2D eigenvalue weighted by Gasteiger charge is -2.10. The number of nitrogens with one attached hydrogen (secondary N) is 1. The molecule has 0 aliphatic rings. The van der Waals surface area contributed by atoms with Gasteiger partial charge in [-0.25, -0.2) is 4.98 Å². The van der Waals surface area contributed by atoms with Crippen molar-refractivity contribution < 1.29 is 14.7 Å². The van der Waals surface area contributed by atoms with Gasteiger partial charge in [-0.05, 0) is 0 Å². The van der Waals surface area contributed by atoms with Gasteiger partial charge in [0, 0.05) is 5.92 Å². The van der Waals surface area contributed by atoms with Crippen molar-refractivity contribution in [3.63, 3.8) is 0 Å². The molecule has 0 fully saturated rings. The van der Waals surface area contributed by atoms with Crippen molar-refractivity contribution in [2.24, 2.45) is 5.73 Å². The van der Waals surface area contributed by atoms with E-state index >= 15 is 0 Å². The van der Waals surface area contributed by atoms with Gasteiger partial charge in [0.15, 0.2) is 0 Å². The van der Waals surface area contributed by atoms with Crippen molar-refractivity contribution in [1.29, 1.82) is 0 Å². The fraction of sp³-hybridized carbons (Fsp3) is 0.286. The topological polar surface area (TPSA) is 112 Å². The Morgan fingerprint density at radius 3 is 2.77 bits per heavy atom. The molecule has 1 aromatic heterocycles. The molecule has 0 saturated heterocycles. The summed E-state index contributed by atoms with van der Waals surface area (Å²) in [5.41, 5.74) is 5.08. The van der Waals surface area contributed by atoms with E-state index in [0.29, 0.717) is 0 Å². The molecule has 1 rings (SSSR count). The minimum absolute atomic E-state index is 0.0586. The van der Waals surface area contributed by atoms with Gasteiger partial charge < -0.3 is 20.6 Å². The zero-order valence-corrected chi connectivity index (χ0v) is 6.90. The highest BCUT2D eigenvalue weighted by Gasteiger charge is 2.17. The van der Waals surface area contributed by atoms with E-state index in [1.807, 2.05) is 0 Å². The van der Waals surface area contributed by atoms with Crippen molar-refractivity contribution >= 4 is 11.9 Å². The second-order valence-corrected chi connectivity index (χ2v) is 2.57. The Bertz CT molecular complexity index is 345. The monoisotopic (exact) mass is 182 g/mol. The lowest BCUT2D eigenvalue weighted by molar-refractivity contribution is -0.307. The van der Waals surface area contributed by atoms with Crippen LogP contribution in [0.15, 0.2) is 6.33 Å². The van der Waals surface area contributed by atoms with E-state index in [0.717, 1.165) is 0 Å². The van der Waals surface area contributed by atoms with Gasteiger partial charge in [0.05, 0.1) is 18.0 Å². The number of rotatable bonds is 3. The highest BCUT2D eigenvalue weighted by molar-refractivity contribution is 5.93. The zero-order valence-electron chi connectivity index (χ0n) is 6.90. The van der Waals surface area contributed by atoms with Gasteiger partial charge in [-0.3, -0.25) is 4.79 Å². The molecule has 0 spiro atoms. The number of H-pyrrole nitrogens is 1. The predicted octanol–water partition coefficient (Wildman–Crippen LogP) is -1.64. The van der Waals surface area contributed by atoms with Crippen LogP contribution in [0.5, 0.6) is 0 Å². The van der Waals surface area contributed by atoms with Crippen LogP contribution >= 0.6 is 0 Å². The number of carbonyl (C=O) groups is 2. The van der Waals surface area contributed by atoms with Crippen LogP contribution in [0.3, 0.4) is 0 Å². The molecular weight excluding hydrogens is 174 g/mol. The molecule has 0 aromatic carbocycles. The maximum absolute atomic E-state index is 10.7. The average molecular weight is 182 g/mol. The van der Waals surface area contributed by atoms with Crippen LogP contribution in [0.2, 0.25) is 0 Å². The first kappa shape index (κ1) is 9.24. The first-order valence-electron chi connectivity index (χ1n) is 3.58. The van der Waals surface area contributed by atoms with Crippen LogP contribution in [-0.2, 0) is 4.79 Å². The summed E-state index contributed by atoms with van der Waals surface area (Å²) in [5, 5.41) is 10.5. The third kappa shape index (κ3) is 1.66. The number of nitrogens with zero attached hydrogens (tertiary/aromatic N) is 1. The molecule has 1 unspecified atom stereocenters. The first-order chi connectivity index (χ1) is 6.04. The van der Waals surface area contributed by atoms with Crippen LogP contribution in [0.25, 0.3) is 0 Å². The van der Waals surface area contributed by atoms with Crippen molar-refractivity contribution in [3.8, 4) is 0 Å². The van der Waals surface area contributed by atoms with Gasteiger partial charge in [0.25, 0.3) is 5.91 Å². The summed E-state index contributed by atoms with van der Waals surface area (Å²) in [7, 11) is 0. The number of aliphatic carboxylic acids is 1. The third-order valence-corrected chi connectivity index (χ3v) is 1.69. The van der Waals surface area contributed by atoms with E-state index in [9.17, 15) is 14.7 Å². The average Bonchev–Trinajstić information content (AvgIpc) is 2.50. The van der Waals surface area contributed by atoms with Gasteiger partial charge in [-0.15, -0.1) is 0 Å². The molecule has 1 amide bonds. The number of aromatic amines is 1. The molecule has 1 aromatic rings. The molecule has 3 N–H and O–H groups in total. The fourth-order valence-corrected chi connectivity index (χ4v) is 0.949. The van der Waals surface area contributed by atoms with Crippen LogP contribution in [0.4, 0.5) is 0 Å². The molecule has 6 nitrogen and oxygen atoms in total. The van der Waals surface area contributed by atoms with E-state index in [-0.39, 0.29) is 11.4 Å². The molecule has 0 radical (unpaired) electrons. The molecule has 0 aliphatic heterocycles. The third-order valence-electron chi connectivity index (χ3n) is 1.69. The van der Waals surface area contributed by atoms with Crippen LogP contribution in [0, 0.1) is 0 Å². The number of nitrogens with two attached hydrogens (primary N) is 1. The minimum atomic E-state index is -1.29. The Morgan fingerprint density at radius 2 is 2.31 bits per heavy atom. The molecule has 70 valence electrons. The Kier molecular flexibility index (Phi) is 2.32. The smallest absolute Gasteiger partial charge is 0.269 e. The van der Waals surface area contributed by atoms with Crippen LogP contribution < -0.4 is 10.8 Å². The minimum Gasteiger partial charge on any atom is -0.549 e. The van der Waals surface area contributed by atoms with E-state index in [1.165, 1.54) is 13.3 Å². The summed E-state index contributed by atoms with van der Waals surface area (Å²) >= 11 is 0. The maximum atomic E-state index is 10.7. The molecule has 0 bridgehead atoms. The number of aromatic nitrogens is 2. The van der Waals surface area contributed by atoms with Gasteiger partial charge in [-0.2, -0.15) is 0 Å². The number of primary amides is 1. The number of carboxylic acids is 1. The number of carboxylic acid groups (broad SMARTS) is 1. The number of carbonyl (C=O) groups excluding carboxylic acids is 2. The summed E-state index contributed by atoms with van der Waals surface area (Å²) in [6, 6.07) is 0. The van der Waals surface area contributed by atoms with Crippen LogP contribution in [0.1, 0.15) is 29.0 Å².